The summed E-state index contributed by atoms with van der Waals surface area (Å²) >= 11 is 5.71. The van der Waals surface area contributed by atoms with E-state index in [-0.39, 0.29) is 47.8 Å². The van der Waals surface area contributed by atoms with Crippen LogP contribution in [0.2, 0.25) is 5.02 Å². The van der Waals surface area contributed by atoms with Crippen molar-refractivity contribution < 1.29 is 14.8 Å². The van der Waals surface area contributed by atoms with Gasteiger partial charge >= 0.3 is 0 Å². The van der Waals surface area contributed by atoms with Crippen LogP contribution in [0.5, 0.6) is 0 Å². The number of carbonyl (C=O) groups is 1. The first-order valence-electron chi connectivity index (χ1n) is 5.38. The van der Waals surface area contributed by atoms with Crippen LogP contribution < -0.4 is 4.90 Å². The molecule has 1 aliphatic rings. The first kappa shape index (κ1) is 12.8. The summed E-state index contributed by atoms with van der Waals surface area (Å²) in [7, 11) is 0. The number of hydrogen-bond donors (Lipinski definition) is 1. The second-order valence-electron chi connectivity index (χ2n) is 4.15. The quantitative estimate of drug-likeness (QED) is 0.668. The maximum absolute atomic E-state index is 11.8. The summed E-state index contributed by atoms with van der Waals surface area (Å²) in [6, 6.07) is 4.18. The second kappa shape index (κ2) is 4.91. The molecule has 0 radical (unpaired) electrons. The van der Waals surface area contributed by atoms with Gasteiger partial charge in [-0.2, -0.15) is 0 Å². The van der Waals surface area contributed by atoms with Gasteiger partial charge in [-0.25, -0.2) is 0 Å². The van der Waals surface area contributed by atoms with Crippen LogP contribution in [-0.4, -0.2) is 29.1 Å². The van der Waals surface area contributed by atoms with Gasteiger partial charge in [-0.1, -0.05) is 11.6 Å². The fourth-order valence-corrected chi connectivity index (χ4v) is 2.17. The summed E-state index contributed by atoms with van der Waals surface area (Å²) < 4.78 is 0. The average Bonchev–Trinajstić information content (AvgIpc) is 2.70. The first-order chi connectivity index (χ1) is 8.52. The SMILES string of the molecule is O=C1CC(CO)CN1c1ccc(Cl)cc1[N+](=O)[O-]. The van der Waals surface area contributed by atoms with E-state index in [1.807, 2.05) is 0 Å². The van der Waals surface area contributed by atoms with Gasteiger partial charge in [0.1, 0.15) is 5.69 Å². The topological polar surface area (TPSA) is 83.7 Å². The Labute approximate surface area is 108 Å². The van der Waals surface area contributed by atoms with Gasteiger partial charge in [0, 0.05) is 36.6 Å². The number of nitro groups is 1. The van der Waals surface area contributed by atoms with Gasteiger partial charge in [-0.3, -0.25) is 14.9 Å². The predicted molar refractivity (Wildman–Crippen MR) is 65.7 cm³/mol. The van der Waals surface area contributed by atoms with E-state index in [9.17, 15) is 14.9 Å². The van der Waals surface area contributed by atoms with E-state index < -0.39 is 4.92 Å². The van der Waals surface area contributed by atoms with Crippen molar-refractivity contribution in [2.45, 2.75) is 6.42 Å². The molecule has 1 aromatic rings. The molecule has 0 saturated carbocycles. The standard InChI is InChI=1S/C11H11ClN2O4/c12-8-1-2-9(10(4-8)14(17)18)13-5-7(6-15)3-11(13)16/h1-2,4,7,15H,3,5-6H2. The predicted octanol–water partition coefficient (Wildman–Crippen LogP) is 1.59. The Hall–Kier alpha value is -1.66. The minimum atomic E-state index is -0.569. The highest BCUT2D eigenvalue weighted by Crippen LogP contribution is 2.34. The Morgan fingerprint density at radius 2 is 2.28 bits per heavy atom. The minimum absolute atomic E-state index is 0.108. The van der Waals surface area contributed by atoms with Crippen molar-refractivity contribution in [1.29, 1.82) is 0 Å². The molecule has 96 valence electrons. The normalized spacial score (nSPS) is 19.3. The third-order valence-electron chi connectivity index (χ3n) is 2.89. The van der Waals surface area contributed by atoms with Crippen molar-refractivity contribution in [2.75, 3.05) is 18.1 Å². The number of benzene rings is 1. The lowest BCUT2D eigenvalue weighted by molar-refractivity contribution is -0.384. The Kier molecular flexibility index (Phi) is 3.49. The van der Waals surface area contributed by atoms with Gasteiger partial charge in [0.15, 0.2) is 0 Å². The van der Waals surface area contributed by atoms with Crippen LogP contribution >= 0.6 is 11.6 Å². The van der Waals surface area contributed by atoms with Gasteiger partial charge in [0.2, 0.25) is 5.91 Å². The number of rotatable bonds is 3. The van der Waals surface area contributed by atoms with Gasteiger partial charge < -0.3 is 10.0 Å². The van der Waals surface area contributed by atoms with Crippen molar-refractivity contribution in [2.24, 2.45) is 5.92 Å². The number of carbonyl (C=O) groups excluding carboxylic acids is 1. The third kappa shape index (κ3) is 2.30. The maximum atomic E-state index is 11.8. The molecule has 0 aliphatic carbocycles. The smallest absolute Gasteiger partial charge is 0.294 e. The van der Waals surface area contributed by atoms with Crippen molar-refractivity contribution >= 4 is 28.9 Å². The Morgan fingerprint density at radius 1 is 1.56 bits per heavy atom. The monoisotopic (exact) mass is 270 g/mol. The summed E-state index contributed by atoms with van der Waals surface area (Å²) in [6.07, 6.45) is 0.205. The maximum Gasteiger partial charge on any atom is 0.294 e. The molecule has 0 spiro atoms. The molecular formula is C11H11ClN2O4. The van der Waals surface area contributed by atoms with Crippen molar-refractivity contribution in [1.82, 2.24) is 0 Å². The lowest BCUT2D eigenvalue weighted by Gasteiger charge is -2.16. The van der Waals surface area contributed by atoms with E-state index in [0.29, 0.717) is 0 Å². The Morgan fingerprint density at radius 3 is 2.83 bits per heavy atom. The van der Waals surface area contributed by atoms with Crippen LogP contribution in [0, 0.1) is 16.0 Å². The zero-order valence-electron chi connectivity index (χ0n) is 9.38. The highest BCUT2D eigenvalue weighted by Gasteiger charge is 2.33. The number of aliphatic hydroxyl groups excluding tert-OH is 1. The largest absolute Gasteiger partial charge is 0.396 e. The number of nitrogens with zero attached hydrogens (tertiary/aromatic N) is 2. The highest BCUT2D eigenvalue weighted by atomic mass is 35.5. The van der Waals surface area contributed by atoms with Gasteiger partial charge in [-0.15, -0.1) is 0 Å². The number of hydrogen-bond acceptors (Lipinski definition) is 4. The fraction of sp³-hybridized carbons (Fsp3) is 0.364. The van der Waals surface area contributed by atoms with Crippen LogP contribution in [0.4, 0.5) is 11.4 Å². The molecule has 1 aromatic carbocycles. The molecule has 2 rings (SSSR count). The fourth-order valence-electron chi connectivity index (χ4n) is 2.01. The van der Waals surface area contributed by atoms with E-state index >= 15 is 0 Å². The molecule has 1 atom stereocenters. The molecule has 6 nitrogen and oxygen atoms in total. The van der Waals surface area contributed by atoms with E-state index in [2.05, 4.69) is 0 Å². The number of anilines is 1. The zero-order chi connectivity index (χ0) is 13.3. The molecule has 0 aromatic heterocycles. The molecule has 18 heavy (non-hydrogen) atoms. The van der Waals surface area contributed by atoms with Crippen LogP contribution in [-0.2, 0) is 4.79 Å². The van der Waals surface area contributed by atoms with Crippen LogP contribution in [0.15, 0.2) is 18.2 Å². The molecular weight excluding hydrogens is 260 g/mol. The molecule has 1 N–H and O–H groups in total. The van der Waals surface area contributed by atoms with Crippen molar-refractivity contribution in [3.63, 3.8) is 0 Å². The molecule has 7 heteroatoms. The molecule has 1 saturated heterocycles. The Balaban J connectivity index is 2.39. The van der Waals surface area contributed by atoms with E-state index in [0.717, 1.165) is 0 Å². The van der Waals surface area contributed by atoms with E-state index in [1.165, 1.54) is 23.1 Å². The summed E-state index contributed by atoms with van der Waals surface area (Å²) in [5.74, 6) is -0.396. The van der Waals surface area contributed by atoms with Crippen molar-refractivity contribution in [3.05, 3.63) is 33.3 Å². The van der Waals surface area contributed by atoms with E-state index in [4.69, 9.17) is 16.7 Å². The summed E-state index contributed by atoms with van der Waals surface area (Å²) in [6.45, 7) is 0.182. The molecule has 1 unspecified atom stereocenters. The lowest BCUT2D eigenvalue weighted by atomic mass is 10.1. The average molecular weight is 271 g/mol. The summed E-state index contributed by atoms with van der Waals surface area (Å²) in [5.41, 5.74) is 0.0276. The second-order valence-corrected chi connectivity index (χ2v) is 4.58. The third-order valence-corrected chi connectivity index (χ3v) is 3.12. The van der Waals surface area contributed by atoms with Crippen molar-refractivity contribution in [3.8, 4) is 0 Å². The minimum Gasteiger partial charge on any atom is -0.396 e. The van der Waals surface area contributed by atoms with E-state index in [1.54, 1.807) is 0 Å². The molecule has 0 bridgehead atoms. The highest BCUT2D eigenvalue weighted by molar-refractivity contribution is 6.31. The van der Waals surface area contributed by atoms with Gasteiger partial charge in [-0.05, 0) is 12.1 Å². The molecule has 1 aliphatic heterocycles. The number of halogens is 1. The first-order valence-corrected chi connectivity index (χ1v) is 5.76. The Bertz CT molecular complexity index is 506. The van der Waals surface area contributed by atoms with Crippen LogP contribution in [0.3, 0.4) is 0 Å². The summed E-state index contributed by atoms with van der Waals surface area (Å²) in [5, 5.41) is 20.2. The van der Waals surface area contributed by atoms with Gasteiger partial charge in [0.05, 0.1) is 4.92 Å². The molecule has 1 heterocycles. The molecule has 1 amide bonds. The lowest BCUT2D eigenvalue weighted by Crippen LogP contribution is -2.25. The number of amides is 1. The number of aliphatic hydroxyl groups is 1. The molecule has 1 fully saturated rings. The number of nitro benzene ring substituents is 1. The summed E-state index contributed by atoms with van der Waals surface area (Å²) in [4.78, 5) is 23.5. The van der Waals surface area contributed by atoms with Gasteiger partial charge in [0.25, 0.3) is 5.69 Å². The zero-order valence-corrected chi connectivity index (χ0v) is 10.1. The van der Waals surface area contributed by atoms with Crippen LogP contribution in [0.25, 0.3) is 0 Å². The van der Waals surface area contributed by atoms with Crippen LogP contribution in [0.1, 0.15) is 6.42 Å².